The molecule has 0 unspecified atom stereocenters. The number of fused-ring (bicyclic) bond motifs is 4. The summed E-state index contributed by atoms with van der Waals surface area (Å²) >= 11 is 7.18. The zero-order chi connectivity index (χ0) is 21.3. The van der Waals surface area contributed by atoms with Gasteiger partial charge in [0.25, 0.3) is 0 Å². The van der Waals surface area contributed by atoms with E-state index in [1.54, 1.807) is 47.0 Å². The van der Waals surface area contributed by atoms with Crippen molar-refractivity contribution >= 4 is 47.0 Å². The molecule has 0 saturated heterocycles. The second-order valence-corrected chi connectivity index (χ2v) is 11.4. The number of hydrogen-bond donors (Lipinski definition) is 0. The van der Waals surface area contributed by atoms with Crippen LogP contribution in [0.4, 0.5) is 0 Å². The lowest BCUT2D eigenvalue weighted by atomic mass is 10.3. The maximum Gasteiger partial charge on any atom is 0.134 e. The third kappa shape index (κ3) is 4.01. The van der Waals surface area contributed by atoms with Crippen molar-refractivity contribution in [3.8, 4) is 11.5 Å². The molecule has 0 spiro atoms. The van der Waals surface area contributed by atoms with Crippen LogP contribution >= 0.6 is 47.0 Å². The maximum absolute atomic E-state index is 6.17. The van der Waals surface area contributed by atoms with E-state index in [4.69, 9.17) is 9.47 Å². The van der Waals surface area contributed by atoms with E-state index in [1.165, 1.54) is 39.2 Å². The predicted molar refractivity (Wildman–Crippen MR) is 133 cm³/mol. The first-order valence-electron chi connectivity index (χ1n) is 10.3. The average molecular weight is 491 g/mol. The van der Waals surface area contributed by atoms with E-state index in [0.29, 0.717) is 13.2 Å². The zero-order valence-electron chi connectivity index (χ0n) is 16.9. The summed E-state index contributed by atoms with van der Waals surface area (Å²) in [7, 11) is 0. The van der Waals surface area contributed by atoms with Crippen molar-refractivity contribution in [1.29, 1.82) is 0 Å². The normalized spacial score (nSPS) is 13.4. The van der Waals surface area contributed by atoms with Gasteiger partial charge < -0.3 is 9.47 Å². The SMILES string of the molecule is c1ccc2c(c1)Sc1cccc(OCCOc3cccc4c3Sc3ccccc3S4)c1S2. The van der Waals surface area contributed by atoms with Gasteiger partial charge in [-0.15, -0.1) is 0 Å². The van der Waals surface area contributed by atoms with Gasteiger partial charge in [-0.3, -0.25) is 0 Å². The molecule has 0 amide bonds. The molecule has 0 bridgehead atoms. The van der Waals surface area contributed by atoms with E-state index in [0.717, 1.165) is 11.5 Å². The summed E-state index contributed by atoms with van der Waals surface area (Å²) in [6.45, 7) is 1.00. The second kappa shape index (κ2) is 9.02. The first kappa shape index (κ1) is 20.5. The lowest BCUT2D eigenvalue weighted by Crippen LogP contribution is -2.10. The van der Waals surface area contributed by atoms with Crippen molar-refractivity contribution in [1.82, 2.24) is 0 Å². The Morgan fingerprint density at radius 3 is 1.22 bits per heavy atom. The molecule has 6 rings (SSSR count). The fourth-order valence-electron chi connectivity index (χ4n) is 3.58. The van der Waals surface area contributed by atoms with Gasteiger partial charge in [-0.25, -0.2) is 0 Å². The molecule has 0 fully saturated rings. The molecule has 158 valence electrons. The van der Waals surface area contributed by atoms with Crippen molar-refractivity contribution in [2.45, 2.75) is 39.2 Å². The highest BCUT2D eigenvalue weighted by Gasteiger charge is 2.21. The van der Waals surface area contributed by atoms with Crippen molar-refractivity contribution in [2.24, 2.45) is 0 Å². The summed E-state index contributed by atoms with van der Waals surface area (Å²) in [5.41, 5.74) is 0. The van der Waals surface area contributed by atoms with Crippen LogP contribution < -0.4 is 9.47 Å². The Morgan fingerprint density at radius 1 is 0.406 bits per heavy atom. The minimum absolute atomic E-state index is 0.501. The minimum Gasteiger partial charge on any atom is -0.489 e. The molecule has 0 aromatic heterocycles. The van der Waals surface area contributed by atoms with Gasteiger partial charge in [0, 0.05) is 29.4 Å². The molecule has 0 saturated carbocycles. The second-order valence-electron chi connectivity index (χ2n) is 7.17. The number of ether oxygens (including phenoxy) is 2. The molecule has 4 aromatic carbocycles. The van der Waals surface area contributed by atoms with Crippen molar-refractivity contribution in [3.63, 3.8) is 0 Å². The van der Waals surface area contributed by atoms with Crippen LogP contribution in [0, 0.1) is 0 Å². The van der Waals surface area contributed by atoms with Crippen LogP contribution in [0.1, 0.15) is 0 Å². The van der Waals surface area contributed by atoms with Gasteiger partial charge in [-0.1, -0.05) is 83.4 Å². The van der Waals surface area contributed by atoms with Crippen LogP contribution in [0.3, 0.4) is 0 Å². The Labute approximate surface area is 204 Å². The van der Waals surface area contributed by atoms with Gasteiger partial charge in [0.1, 0.15) is 24.7 Å². The molecule has 6 heteroatoms. The van der Waals surface area contributed by atoms with E-state index in [-0.39, 0.29) is 0 Å². The van der Waals surface area contributed by atoms with Crippen LogP contribution in [0.2, 0.25) is 0 Å². The molecule has 2 heterocycles. The topological polar surface area (TPSA) is 18.5 Å². The van der Waals surface area contributed by atoms with E-state index in [9.17, 15) is 0 Å². The highest BCUT2D eigenvalue weighted by Crippen LogP contribution is 2.52. The van der Waals surface area contributed by atoms with Crippen LogP contribution in [-0.2, 0) is 0 Å². The lowest BCUT2D eigenvalue weighted by molar-refractivity contribution is 0.210. The highest BCUT2D eigenvalue weighted by atomic mass is 32.2. The summed E-state index contributed by atoms with van der Waals surface area (Å²) in [5.74, 6) is 1.85. The third-order valence-corrected chi connectivity index (χ3v) is 10.2. The Balaban J connectivity index is 1.13. The first-order valence-corrected chi connectivity index (χ1v) is 13.5. The molecule has 0 N–H and O–H groups in total. The lowest BCUT2D eigenvalue weighted by Gasteiger charge is -2.22. The van der Waals surface area contributed by atoms with Crippen LogP contribution in [0.25, 0.3) is 0 Å². The summed E-state index contributed by atoms with van der Waals surface area (Å²) in [6.07, 6.45) is 0. The van der Waals surface area contributed by atoms with Gasteiger partial charge in [-0.05, 0) is 48.5 Å². The van der Waals surface area contributed by atoms with Crippen LogP contribution in [-0.4, -0.2) is 13.2 Å². The predicted octanol–water partition coefficient (Wildman–Crippen LogP) is 8.38. The average Bonchev–Trinajstić information content (AvgIpc) is 2.84. The van der Waals surface area contributed by atoms with Crippen LogP contribution in [0.5, 0.6) is 11.5 Å². The Kier molecular flexibility index (Phi) is 5.78. The fourth-order valence-corrected chi connectivity index (χ4v) is 8.23. The Morgan fingerprint density at radius 2 is 0.781 bits per heavy atom. The molecule has 2 aliphatic heterocycles. The Bertz CT molecular complexity index is 1200. The van der Waals surface area contributed by atoms with E-state index >= 15 is 0 Å². The molecule has 2 nitrogen and oxygen atoms in total. The molecular weight excluding hydrogens is 473 g/mol. The molecule has 0 aliphatic carbocycles. The molecule has 2 aliphatic rings. The molecule has 0 radical (unpaired) electrons. The van der Waals surface area contributed by atoms with Crippen molar-refractivity contribution in [3.05, 3.63) is 84.9 Å². The number of hydrogen-bond acceptors (Lipinski definition) is 6. The molecular formula is C26H18O2S4. The summed E-state index contributed by atoms with van der Waals surface area (Å²) in [4.78, 5) is 10.0. The molecule has 4 aromatic rings. The van der Waals surface area contributed by atoms with Crippen molar-refractivity contribution < 1.29 is 9.47 Å². The summed E-state index contributed by atoms with van der Waals surface area (Å²) in [6, 6.07) is 29.6. The van der Waals surface area contributed by atoms with Gasteiger partial charge >= 0.3 is 0 Å². The van der Waals surface area contributed by atoms with E-state index < -0.39 is 0 Å². The van der Waals surface area contributed by atoms with Gasteiger partial charge in [-0.2, -0.15) is 0 Å². The highest BCUT2D eigenvalue weighted by molar-refractivity contribution is 8.05. The van der Waals surface area contributed by atoms with Crippen molar-refractivity contribution in [2.75, 3.05) is 13.2 Å². The summed E-state index contributed by atoms with van der Waals surface area (Å²) < 4.78 is 12.3. The molecule has 32 heavy (non-hydrogen) atoms. The Hall–Kier alpha value is -2.12. The van der Waals surface area contributed by atoms with E-state index in [2.05, 4.69) is 72.8 Å². The van der Waals surface area contributed by atoms with Gasteiger partial charge in [0.2, 0.25) is 0 Å². The quantitative estimate of drug-likeness (QED) is 0.224. The monoisotopic (exact) mass is 490 g/mol. The van der Waals surface area contributed by atoms with E-state index in [1.807, 2.05) is 12.1 Å². The molecule has 0 atom stereocenters. The fraction of sp³-hybridized carbons (Fsp3) is 0.0769. The van der Waals surface area contributed by atoms with Gasteiger partial charge in [0.05, 0.1) is 9.79 Å². The minimum atomic E-state index is 0.501. The van der Waals surface area contributed by atoms with Gasteiger partial charge in [0.15, 0.2) is 0 Å². The number of rotatable bonds is 5. The largest absolute Gasteiger partial charge is 0.489 e. The first-order chi connectivity index (χ1) is 15.8. The number of benzene rings is 4. The summed E-state index contributed by atoms with van der Waals surface area (Å²) in [5, 5.41) is 0. The zero-order valence-corrected chi connectivity index (χ0v) is 20.2. The smallest absolute Gasteiger partial charge is 0.134 e. The maximum atomic E-state index is 6.17. The standard InChI is InChI=1S/C26H18O2S4/c1-3-11-21-19(9-1)29-23-13-5-7-17(25(23)31-21)27-15-16-28-18-8-6-14-24-26(18)32-22-12-4-2-10-20(22)30-24/h1-14H,15-16H2. The van der Waals surface area contributed by atoms with Crippen LogP contribution in [0.15, 0.2) is 124 Å². The third-order valence-electron chi connectivity index (χ3n) is 5.05.